The summed E-state index contributed by atoms with van der Waals surface area (Å²) in [6.07, 6.45) is 5.25. The Hall–Kier alpha value is -5.43. The highest BCUT2D eigenvalue weighted by atomic mass is 16.5. The number of aryl methyl sites for hydroxylation is 1. The molecule has 0 aliphatic carbocycles. The normalized spacial score (nSPS) is 14.4. The number of hydrogen-bond acceptors (Lipinski definition) is 10. The number of rotatable bonds is 11. The number of likely N-dealkylation sites (N-methyl/N-ethyl adjacent to an activating group) is 1. The third-order valence-corrected chi connectivity index (χ3v) is 7.43. The van der Waals surface area contributed by atoms with Crippen molar-refractivity contribution in [3.8, 4) is 17.0 Å². The van der Waals surface area contributed by atoms with Crippen molar-refractivity contribution < 1.29 is 19.4 Å². The van der Waals surface area contributed by atoms with Crippen LogP contribution in [0.3, 0.4) is 0 Å². The van der Waals surface area contributed by atoms with Crippen molar-refractivity contribution in [2.75, 3.05) is 55.1 Å². The summed E-state index contributed by atoms with van der Waals surface area (Å²) in [7, 11) is 7.48. The zero-order valence-corrected chi connectivity index (χ0v) is 25.0. The summed E-state index contributed by atoms with van der Waals surface area (Å²) in [6, 6.07) is 13.3. The fourth-order valence-corrected chi connectivity index (χ4v) is 5.08. The van der Waals surface area contributed by atoms with Crippen LogP contribution in [0.2, 0.25) is 0 Å². The van der Waals surface area contributed by atoms with E-state index < -0.39 is 5.97 Å². The summed E-state index contributed by atoms with van der Waals surface area (Å²) in [5.74, 6) is -0.848. The quantitative estimate of drug-likeness (QED) is 0.183. The van der Waals surface area contributed by atoms with Gasteiger partial charge in [0.1, 0.15) is 11.3 Å². The van der Waals surface area contributed by atoms with E-state index in [1.54, 1.807) is 17.9 Å². The number of carbonyl (C=O) groups is 2. The van der Waals surface area contributed by atoms with Crippen molar-refractivity contribution in [2.45, 2.75) is 12.5 Å². The Labute approximate surface area is 255 Å². The average molecular weight is 598 g/mol. The number of carboxylic acid groups (broad SMARTS) is 1. The van der Waals surface area contributed by atoms with Crippen molar-refractivity contribution in [1.82, 2.24) is 24.6 Å². The van der Waals surface area contributed by atoms with Gasteiger partial charge in [0, 0.05) is 55.9 Å². The Morgan fingerprint density at radius 2 is 1.93 bits per heavy atom. The average Bonchev–Trinajstić information content (AvgIpc) is 3.67. The highest BCUT2D eigenvalue weighted by Gasteiger charge is 2.27. The maximum atomic E-state index is 12.4. The molecule has 0 spiro atoms. The van der Waals surface area contributed by atoms with Crippen LogP contribution < -0.4 is 25.6 Å². The lowest BCUT2D eigenvalue weighted by Crippen LogP contribution is -2.31. The molecule has 4 N–H and O–H groups in total. The lowest BCUT2D eigenvalue weighted by molar-refractivity contribution is -0.111. The van der Waals surface area contributed by atoms with Crippen molar-refractivity contribution >= 4 is 46.4 Å². The molecule has 5 rings (SSSR count). The Kier molecular flexibility index (Phi) is 8.76. The molecule has 13 nitrogen and oxygen atoms in total. The smallest absolute Gasteiger partial charge is 0.341 e. The number of para-hydroxylation sites is 1. The van der Waals surface area contributed by atoms with Crippen LogP contribution in [-0.2, 0) is 11.8 Å². The molecule has 1 saturated heterocycles. The first kappa shape index (κ1) is 30.0. The number of aromatic carboxylic acids is 1. The lowest BCUT2D eigenvalue weighted by Gasteiger charge is -2.25. The maximum absolute atomic E-state index is 12.4. The Balaban J connectivity index is 1.50. The summed E-state index contributed by atoms with van der Waals surface area (Å²) in [5.41, 5.74) is 3.84. The summed E-state index contributed by atoms with van der Waals surface area (Å²) in [5, 5.41) is 23.6. The van der Waals surface area contributed by atoms with Crippen LogP contribution in [0.1, 0.15) is 16.8 Å². The van der Waals surface area contributed by atoms with E-state index in [9.17, 15) is 14.7 Å². The van der Waals surface area contributed by atoms with Crippen LogP contribution in [0.5, 0.6) is 5.75 Å². The van der Waals surface area contributed by atoms with E-state index in [1.807, 2.05) is 49.6 Å². The number of carbonyl (C=O) groups excluding carboxylic acids is 1. The standard InChI is InChI=1S/C31H35N9O4/c1-6-28(41)33-24-15-25(27(44-5)16-26(24)40-14-11-19(18-40)38(2)3)35-31-32-17-21(30(42)43)29(36-31)34-22-10-8-7-9-20(22)23-12-13-39(4)37-23/h6-10,12-13,15-17,19H,1,11,14,18H2,2-5H3,(H,33,41)(H,42,43)(H2,32,34,35,36)/t19-/m0/s1. The minimum absolute atomic E-state index is 0.0842. The molecule has 2 aromatic carbocycles. The van der Waals surface area contributed by atoms with Crippen LogP contribution in [-0.4, -0.2) is 82.0 Å². The van der Waals surface area contributed by atoms with Crippen molar-refractivity contribution in [1.29, 1.82) is 0 Å². The van der Waals surface area contributed by atoms with Crippen LogP contribution >= 0.6 is 0 Å². The van der Waals surface area contributed by atoms with Crippen molar-refractivity contribution in [2.24, 2.45) is 7.05 Å². The fraction of sp³-hybridized carbons (Fsp3) is 0.258. The van der Waals surface area contributed by atoms with Gasteiger partial charge in [-0.25, -0.2) is 9.78 Å². The van der Waals surface area contributed by atoms with E-state index in [0.717, 1.165) is 30.8 Å². The topological polar surface area (TPSA) is 150 Å². The number of aromatic nitrogens is 4. The molecule has 4 aromatic rings. The number of amides is 1. The van der Waals surface area contributed by atoms with E-state index in [0.29, 0.717) is 34.5 Å². The van der Waals surface area contributed by atoms with E-state index in [4.69, 9.17) is 4.74 Å². The highest BCUT2D eigenvalue weighted by molar-refractivity contribution is 6.02. The summed E-state index contributed by atoms with van der Waals surface area (Å²) in [4.78, 5) is 37.7. The SMILES string of the molecule is C=CC(=O)Nc1cc(Nc2ncc(C(=O)O)c(Nc3ccccc3-c3ccn(C)n3)n2)c(OC)cc1N1CC[C@H](N(C)C)C1. The van der Waals surface area contributed by atoms with Crippen LogP contribution in [0.15, 0.2) is 67.5 Å². The number of hydrogen-bond donors (Lipinski definition) is 4. The first-order valence-corrected chi connectivity index (χ1v) is 14.0. The third kappa shape index (κ3) is 6.47. The predicted octanol–water partition coefficient (Wildman–Crippen LogP) is 4.34. The molecule has 1 amide bonds. The van der Waals surface area contributed by atoms with Gasteiger partial charge in [0.2, 0.25) is 11.9 Å². The predicted molar refractivity (Wildman–Crippen MR) is 170 cm³/mol. The first-order valence-electron chi connectivity index (χ1n) is 14.0. The van der Waals surface area contributed by atoms with E-state index in [-0.39, 0.29) is 23.2 Å². The van der Waals surface area contributed by atoms with Gasteiger partial charge in [-0.3, -0.25) is 9.48 Å². The zero-order valence-electron chi connectivity index (χ0n) is 25.0. The highest BCUT2D eigenvalue weighted by Crippen LogP contribution is 2.40. The van der Waals surface area contributed by atoms with E-state index >= 15 is 0 Å². The second kappa shape index (κ2) is 12.8. The molecule has 2 aromatic heterocycles. The molecule has 0 unspecified atom stereocenters. The first-order chi connectivity index (χ1) is 21.2. The van der Waals surface area contributed by atoms with E-state index in [1.165, 1.54) is 12.3 Å². The number of benzene rings is 2. The molecule has 1 fully saturated rings. The molecule has 1 aliphatic heterocycles. The molecule has 0 bridgehead atoms. The van der Waals surface area contributed by atoms with Crippen LogP contribution in [0.4, 0.5) is 34.5 Å². The van der Waals surface area contributed by atoms with Crippen LogP contribution in [0.25, 0.3) is 11.3 Å². The molecular formula is C31H35N9O4. The molecule has 228 valence electrons. The van der Waals surface area contributed by atoms with Gasteiger partial charge >= 0.3 is 5.97 Å². The number of nitrogens with one attached hydrogen (secondary N) is 3. The molecule has 0 saturated carbocycles. The van der Waals surface area contributed by atoms with Gasteiger partial charge in [-0.1, -0.05) is 24.8 Å². The second-order valence-electron chi connectivity index (χ2n) is 10.5. The summed E-state index contributed by atoms with van der Waals surface area (Å²) in [6.45, 7) is 5.18. The van der Waals surface area contributed by atoms with E-state index in [2.05, 4.69) is 61.5 Å². The number of anilines is 6. The Morgan fingerprint density at radius 3 is 2.59 bits per heavy atom. The van der Waals surface area contributed by atoms with Crippen molar-refractivity contribution in [3.05, 3.63) is 73.1 Å². The van der Waals surface area contributed by atoms with Gasteiger partial charge in [-0.15, -0.1) is 0 Å². The number of ether oxygens (including phenoxy) is 1. The molecule has 1 atom stereocenters. The number of carboxylic acids is 1. The van der Waals surface area contributed by atoms with Gasteiger partial charge in [0.15, 0.2) is 5.82 Å². The summed E-state index contributed by atoms with van der Waals surface area (Å²) >= 11 is 0. The molecule has 1 aliphatic rings. The zero-order chi connectivity index (χ0) is 31.4. The molecule has 0 radical (unpaired) electrons. The molecule has 3 heterocycles. The largest absolute Gasteiger partial charge is 0.494 e. The number of nitrogens with zero attached hydrogens (tertiary/aromatic N) is 6. The lowest BCUT2D eigenvalue weighted by atomic mass is 10.1. The van der Waals surface area contributed by atoms with Crippen LogP contribution in [0, 0.1) is 0 Å². The van der Waals surface area contributed by atoms with Gasteiger partial charge < -0.3 is 35.6 Å². The second-order valence-corrected chi connectivity index (χ2v) is 10.5. The third-order valence-electron chi connectivity index (χ3n) is 7.43. The van der Waals surface area contributed by atoms with Gasteiger partial charge in [0.05, 0.1) is 29.9 Å². The number of methoxy groups -OCH3 is 1. The minimum Gasteiger partial charge on any atom is -0.494 e. The molecular weight excluding hydrogens is 562 g/mol. The Bertz CT molecular complexity index is 1700. The van der Waals surface area contributed by atoms with Gasteiger partial charge in [0.25, 0.3) is 0 Å². The Morgan fingerprint density at radius 1 is 1.14 bits per heavy atom. The van der Waals surface area contributed by atoms with Gasteiger partial charge in [-0.05, 0) is 44.8 Å². The molecule has 13 heteroatoms. The summed E-state index contributed by atoms with van der Waals surface area (Å²) < 4.78 is 7.42. The fourth-order valence-electron chi connectivity index (χ4n) is 5.08. The molecule has 44 heavy (non-hydrogen) atoms. The van der Waals surface area contributed by atoms with Crippen molar-refractivity contribution in [3.63, 3.8) is 0 Å². The monoisotopic (exact) mass is 597 g/mol. The van der Waals surface area contributed by atoms with Gasteiger partial charge in [-0.2, -0.15) is 10.1 Å². The maximum Gasteiger partial charge on any atom is 0.341 e. The minimum atomic E-state index is -1.19.